The van der Waals surface area contributed by atoms with Crippen LogP contribution < -0.4 is 0 Å². The molecule has 2 N–H and O–H groups in total. The minimum Gasteiger partial charge on any atom is -0.504 e. The fourth-order valence-corrected chi connectivity index (χ4v) is 0.538. The standard InChI is InChI=1S/C6H4O4.Cs/c7-3-1-4(8)6(10)2-5(3)9;/h1-2,7,10H;. The van der Waals surface area contributed by atoms with E-state index < -0.39 is 23.1 Å². The molecule has 0 atom stereocenters. The second-order valence-electron chi connectivity index (χ2n) is 1.79. The summed E-state index contributed by atoms with van der Waals surface area (Å²) in [5.41, 5.74) is 0. The van der Waals surface area contributed by atoms with Crippen molar-refractivity contribution in [3.63, 3.8) is 0 Å². The maximum Gasteiger partial charge on any atom is 0.224 e. The zero-order valence-electron chi connectivity index (χ0n) is 5.87. The number of aliphatic hydroxyl groups is 2. The van der Waals surface area contributed by atoms with Gasteiger partial charge in [-0.05, 0) is 0 Å². The van der Waals surface area contributed by atoms with Crippen LogP contribution in [0.25, 0.3) is 0 Å². The van der Waals surface area contributed by atoms with Crippen molar-refractivity contribution < 1.29 is 19.8 Å². The van der Waals surface area contributed by atoms with Crippen molar-refractivity contribution in [1.82, 2.24) is 0 Å². The molecule has 0 aliphatic heterocycles. The molecule has 0 aromatic rings. The summed E-state index contributed by atoms with van der Waals surface area (Å²) in [5, 5.41) is 17.2. The molecule has 1 aliphatic rings. The third kappa shape index (κ3) is 2.77. The van der Waals surface area contributed by atoms with Gasteiger partial charge in [-0.25, -0.2) is 0 Å². The Morgan fingerprint density at radius 2 is 1.18 bits per heavy atom. The molecule has 1 rings (SSSR count). The molecule has 53 valence electrons. The Balaban J connectivity index is 0.000001000. The smallest absolute Gasteiger partial charge is 0.224 e. The monoisotopic (exact) mass is 273 g/mol. The van der Waals surface area contributed by atoms with Crippen molar-refractivity contribution in [1.29, 1.82) is 0 Å². The molecule has 1 radical (unpaired) electrons. The number of hydrogen-bond acceptors (Lipinski definition) is 4. The predicted octanol–water partition coefficient (Wildman–Crippen LogP) is -0.359. The summed E-state index contributed by atoms with van der Waals surface area (Å²) in [6, 6.07) is 0. The molecular weight excluding hydrogens is 269 g/mol. The van der Waals surface area contributed by atoms with Crippen LogP contribution in [0.5, 0.6) is 0 Å². The van der Waals surface area contributed by atoms with E-state index in [-0.39, 0.29) is 68.9 Å². The van der Waals surface area contributed by atoms with Crippen LogP contribution in [-0.4, -0.2) is 90.7 Å². The number of rotatable bonds is 0. The van der Waals surface area contributed by atoms with E-state index in [1.54, 1.807) is 0 Å². The van der Waals surface area contributed by atoms with Crippen molar-refractivity contribution in [2.45, 2.75) is 0 Å². The van der Waals surface area contributed by atoms with Gasteiger partial charge in [0, 0.05) is 81.0 Å². The van der Waals surface area contributed by atoms with E-state index in [0.717, 1.165) is 0 Å². The average molecular weight is 273 g/mol. The normalized spacial score (nSPS) is 16.7. The fourth-order valence-electron chi connectivity index (χ4n) is 0.538. The van der Waals surface area contributed by atoms with Crippen molar-refractivity contribution in [2.24, 2.45) is 0 Å². The average Bonchev–Trinajstić information content (AvgIpc) is 1.84. The first-order chi connectivity index (χ1) is 4.61. The Hall–Kier alpha value is 0.472. The summed E-state index contributed by atoms with van der Waals surface area (Å²) in [5.74, 6) is -2.78. The van der Waals surface area contributed by atoms with Crippen LogP contribution in [0.2, 0.25) is 0 Å². The van der Waals surface area contributed by atoms with E-state index in [4.69, 9.17) is 10.2 Å². The minimum atomic E-state index is -0.753. The molecule has 0 saturated carbocycles. The predicted molar refractivity (Wildman–Crippen MR) is 37.2 cm³/mol. The second-order valence-corrected chi connectivity index (χ2v) is 1.79. The Morgan fingerprint density at radius 3 is 1.45 bits per heavy atom. The zero-order valence-corrected chi connectivity index (χ0v) is 12.1. The number of carbonyl (C=O) groups excluding carboxylic acids is 2. The largest absolute Gasteiger partial charge is 0.504 e. The first-order valence-corrected chi connectivity index (χ1v) is 2.51. The molecule has 5 heteroatoms. The van der Waals surface area contributed by atoms with Crippen LogP contribution in [0.3, 0.4) is 0 Å². The Morgan fingerprint density at radius 1 is 0.909 bits per heavy atom. The molecule has 0 bridgehead atoms. The topological polar surface area (TPSA) is 74.6 Å². The van der Waals surface area contributed by atoms with Gasteiger partial charge in [-0.2, -0.15) is 0 Å². The van der Waals surface area contributed by atoms with Crippen LogP contribution in [0, 0.1) is 0 Å². The van der Waals surface area contributed by atoms with Gasteiger partial charge in [-0.15, -0.1) is 0 Å². The molecule has 1 aliphatic carbocycles. The van der Waals surface area contributed by atoms with Crippen molar-refractivity contribution in [2.75, 3.05) is 0 Å². The van der Waals surface area contributed by atoms with Gasteiger partial charge in [0.05, 0.1) is 0 Å². The molecule has 0 amide bonds. The second kappa shape index (κ2) is 4.49. The SMILES string of the molecule is O=C1C=C(O)C(=O)C=C1O.[Cs]. The van der Waals surface area contributed by atoms with Gasteiger partial charge in [0.15, 0.2) is 11.5 Å². The van der Waals surface area contributed by atoms with Gasteiger partial charge in [0.25, 0.3) is 0 Å². The Kier molecular flexibility index (Phi) is 4.68. The molecule has 0 heterocycles. The Bertz CT molecular complexity index is 236. The zero-order chi connectivity index (χ0) is 7.72. The minimum absolute atomic E-state index is 0. The Labute approximate surface area is 121 Å². The summed E-state index contributed by atoms with van der Waals surface area (Å²) in [6.45, 7) is 0. The van der Waals surface area contributed by atoms with Gasteiger partial charge < -0.3 is 10.2 Å². The molecule has 0 fully saturated rings. The number of carbonyl (C=O) groups is 2. The van der Waals surface area contributed by atoms with Gasteiger partial charge >= 0.3 is 0 Å². The number of hydrogen-bond donors (Lipinski definition) is 2. The summed E-state index contributed by atoms with van der Waals surface area (Å²) in [4.78, 5) is 20.9. The molecule has 0 aromatic heterocycles. The molecule has 11 heavy (non-hydrogen) atoms. The van der Waals surface area contributed by atoms with E-state index in [1.165, 1.54) is 0 Å². The number of aliphatic hydroxyl groups excluding tert-OH is 2. The van der Waals surface area contributed by atoms with Crippen LogP contribution in [0.1, 0.15) is 0 Å². The first kappa shape index (κ1) is 11.5. The van der Waals surface area contributed by atoms with Gasteiger partial charge in [-0.1, -0.05) is 0 Å². The van der Waals surface area contributed by atoms with E-state index in [9.17, 15) is 9.59 Å². The van der Waals surface area contributed by atoms with Crippen molar-refractivity contribution >= 4 is 80.5 Å². The van der Waals surface area contributed by atoms with Gasteiger partial charge in [0.1, 0.15) is 0 Å². The maximum absolute atomic E-state index is 10.4. The van der Waals surface area contributed by atoms with Gasteiger partial charge in [-0.3, -0.25) is 9.59 Å². The summed E-state index contributed by atoms with van der Waals surface area (Å²) < 4.78 is 0. The maximum atomic E-state index is 10.4. The van der Waals surface area contributed by atoms with Crippen LogP contribution in [0.15, 0.2) is 23.7 Å². The summed E-state index contributed by atoms with van der Waals surface area (Å²) in [7, 11) is 0. The van der Waals surface area contributed by atoms with E-state index in [1.807, 2.05) is 0 Å². The third-order valence-electron chi connectivity index (χ3n) is 1.04. The summed E-state index contributed by atoms with van der Waals surface area (Å²) in [6.07, 6.45) is 1.36. The summed E-state index contributed by atoms with van der Waals surface area (Å²) >= 11 is 0. The molecule has 0 aromatic carbocycles. The molecular formula is C6H4CsO4. The van der Waals surface area contributed by atoms with E-state index >= 15 is 0 Å². The van der Waals surface area contributed by atoms with Crippen molar-refractivity contribution in [3.05, 3.63) is 23.7 Å². The van der Waals surface area contributed by atoms with Crippen LogP contribution >= 0.6 is 0 Å². The van der Waals surface area contributed by atoms with Crippen molar-refractivity contribution in [3.8, 4) is 0 Å². The van der Waals surface area contributed by atoms with Crippen LogP contribution in [0.4, 0.5) is 0 Å². The molecule has 0 spiro atoms. The number of ketones is 2. The van der Waals surface area contributed by atoms with Crippen LogP contribution in [-0.2, 0) is 9.59 Å². The third-order valence-corrected chi connectivity index (χ3v) is 1.04. The fraction of sp³-hybridized carbons (Fsp3) is 0. The first-order valence-electron chi connectivity index (χ1n) is 2.51. The quantitative estimate of drug-likeness (QED) is 0.591. The van der Waals surface area contributed by atoms with E-state index in [0.29, 0.717) is 12.2 Å². The van der Waals surface area contributed by atoms with E-state index in [2.05, 4.69) is 0 Å². The molecule has 0 saturated heterocycles. The molecule has 0 unspecified atom stereocenters. The molecule has 4 nitrogen and oxygen atoms in total. The number of allylic oxidation sites excluding steroid dienone is 2. The van der Waals surface area contributed by atoms with Gasteiger partial charge in [0.2, 0.25) is 11.6 Å².